The van der Waals surface area contributed by atoms with Gasteiger partial charge in [0.2, 0.25) is 5.91 Å². The number of nitrogens with zero attached hydrogens (tertiary/aromatic N) is 1. The maximum absolute atomic E-state index is 12.2. The SMILES string of the molecule is COc1cc(NC(=O)CN2CCCC(C(=O)O)C2)cc(OC)c1. The Labute approximate surface area is 135 Å². The van der Waals surface area contributed by atoms with Crippen molar-refractivity contribution in [2.45, 2.75) is 12.8 Å². The number of ether oxygens (including phenoxy) is 2. The summed E-state index contributed by atoms with van der Waals surface area (Å²) in [5.41, 5.74) is 0.581. The number of hydrogen-bond donors (Lipinski definition) is 2. The number of piperidine rings is 1. The predicted molar refractivity (Wildman–Crippen MR) is 85.0 cm³/mol. The standard InChI is InChI=1S/C16H22N2O5/c1-22-13-6-12(7-14(8-13)23-2)17-15(19)10-18-5-3-4-11(9-18)16(20)21/h6-8,11H,3-5,9-10H2,1-2H3,(H,17,19)(H,20,21). The fraction of sp³-hybridized carbons (Fsp3) is 0.500. The van der Waals surface area contributed by atoms with E-state index in [-0.39, 0.29) is 12.5 Å². The number of hydrogen-bond acceptors (Lipinski definition) is 5. The molecule has 1 aliphatic rings. The molecule has 1 atom stereocenters. The minimum Gasteiger partial charge on any atom is -0.497 e. The van der Waals surface area contributed by atoms with Crippen molar-refractivity contribution >= 4 is 17.6 Å². The molecule has 0 spiro atoms. The van der Waals surface area contributed by atoms with E-state index in [1.54, 1.807) is 32.4 Å². The van der Waals surface area contributed by atoms with Gasteiger partial charge >= 0.3 is 5.97 Å². The van der Waals surface area contributed by atoms with Crippen LogP contribution in [-0.2, 0) is 9.59 Å². The molecule has 1 aliphatic heterocycles. The molecule has 23 heavy (non-hydrogen) atoms. The van der Waals surface area contributed by atoms with E-state index in [1.807, 2.05) is 4.90 Å². The number of carboxylic acids is 1. The Balaban J connectivity index is 1.95. The Morgan fingerprint density at radius 1 is 1.26 bits per heavy atom. The quantitative estimate of drug-likeness (QED) is 0.824. The zero-order chi connectivity index (χ0) is 16.8. The summed E-state index contributed by atoms with van der Waals surface area (Å²) in [5, 5.41) is 11.9. The lowest BCUT2D eigenvalue weighted by molar-refractivity contribution is -0.144. The van der Waals surface area contributed by atoms with Crippen molar-refractivity contribution in [1.29, 1.82) is 0 Å². The lowest BCUT2D eigenvalue weighted by Gasteiger charge is -2.29. The second kappa shape index (κ2) is 7.82. The van der Waals surface area contributed by atoms with E-state index in [1.165, 1.54) is 0 Å². The Hall–Kier alpha value is -2.28. The molecule has 1 heterocycles. The number of carbonyl (C=O) groups excluding carboxylic acids is 1. The molecular formula is C16H22N2O5. The van der Waals surface area contributed by atoms with E-state index in [9.17, 15) is 9.59 Å². The highest BCUT2D eigenvalue weighted by atomic mass is 16.5. The van der Waals surface area contributed by atoms with Crippen LogP contribution in [0.5, 0.6) is 11.5 Å². The molecule has 2 rings (SSSR count). The zero-order valence-electron chi connectivity index (χ0n) is 13.4. The van der Waals surface area contributed by atoms with Gasteiger partial charge < -0.3 is 19.9 Å². The summed E-state index contributed by atoms with van der Waals surface area (Å²) in [7, 11) is 3.08. The molecule has 126 valence electrons. The second-order valence-electron chi connectivity index (χ2n) is 5.56. The molecule has 0 saturated carbocycles. The topological polar surface area (TPSA) is 88.1 Å². The van der Waals surface area contributed by atoms with Crippen molar-refractivity contribution in [2.24, 2.45) is 5.92 Å². The van der Waals surface area contributed by atoms with E-state index in [0.717, 1.165) is 13.0 Å². The van der Waals surface area contributed by atoms with E-state index in [0.29, 0.717) is 30.2 Å². The first-order chi connectivity index (χ1) is 11.0. The lowest BCUT2D eigenvalue weighted by atomic mass is 9.98. The summed E-state index contributed by atoms with van der Waals surface area (Å²) >= 11 is 0. The molecule has 1 amide bonds. The Morgan fingerprint density at radius 2 is 1.91 bits per heavy atom. The summed E-state index contributed by atoms with van der Waals surface area (Å²) in [6.07, 6.45) is 1.46. The van der Waals surface area contributed by atoms with Crippen molar-refractivity contribution in [3.05, 3.63) is 18.2 Å². The number of carboxylic acid groups (broad SMARTS) is 1. The van der Waals surface area contributed by atoms with Gasteiger partial charge in [-0.15, -0.1) is 0 Å². The number of amides is 1. The number of anilines is 1. The third-order valence-corrected chi connectivity index (χ3v) is 3.86. The van der Waals surface area contributed by atoms with E-state index in [2.05, 4.69) is 5.32 Å². The predicted octanol–water partition coefficient (Wildman–Crippen LogP) is 1.44. The maximum atomic E-state index is 12.2. The molecular weight excluding hydrogens is 300 g/mol. The van der Waals surface area contributed by atoms with Gasteiger partial charge in [0.25, 0.3) is 0 Å². The van der Waals surface area contributed by atoms with Crippen LogP contribution in [0.2, 0.25) is 0 Å². The molecule has 1 fully saturated rings. The van der Waals surface area contributed by atoms with Gasteiger partial charge in [-0.05, 0) is 19.4 Å². The number of carbonyl (C=O) groups is 2. The third kappa shape index (κ3) is 4.85. The molecule has 1 unspecified atom stereocenters. The number of nitrogens with one attached hydrogen (secondary N) is 1. The summed E-state index contributed by atoms with van der Waals surface area (Å²) in [5.74, 6) is -0.209. The fourth-order valence-electron chi connectivity index (χ4n) is 2.68. The van der Waals surface area contributed by atoms with Gasteiger partial charge in [0.05, 0.1) is 26.7 Å². The molecule has 0 aromatic heterocycles. The Kier molecular flexibility index (Phi) is 5.81. The summed E-state index contributed by atoms with van der Waals surface area (Å²) in [6, 6.07) is 5.13. The highest BCUT2D eigenvalue weighted by Gasteiger charge is 2.26. The number of rotatable bonds is 6. The minimum absolute atomic E-state index is 0.170. The number of aliphatic carboxylic acids is 1. The Morgan fingerprint density at radius 3 is 2.48 bits per heavy atom. The monoisotopic (exact) mass is 322 g/mol. The average Bonchev–Trinajstić information content (AvgIpc) is 2.54. The van der Waals surface area contributed by atoms with Crippen molar-refractivity contribution in [1.82, 2.24) is 4.90 Å². The number of methoxy groups -OCH3 is 2. The molecule has 0 bridgehead atoms. The van der Waals surface area contributed by atoms with Gasteiger partial charge in [-0.3, -0.25) is 14.5 Å². The van der Waals surface area contributed by atoms with Crippen molar-refractivity contribution in [3.8, 4) is 11.5 Å². The van der Waals surface area contributed by atoms with Crippen LogP contribution < -0.4 is 14.8 Å². The first-order valence-corrected chi connectivity index (χ1v) is 7.50. The molecule has 1 saturated heterocycles. The largest absolute Gasteiger partial charge is 0.497 e. The molecule has 7 nitrogen and oxygen atoms in total. The molecule has 1 aromatic carbocycles. The normalized spacial score (nSPS) is 18.3. The van der Waals surface area contributed by atoms with Crippen molar-refractivity contribution in [2.75, 3.05) is 39.2 Å². The highest BCUT2D eigenvalue weighted by molar-refractivity contribution is 5.92. The van der Waals surface area contributed by atoms with Crippen molar-refractivity contribution < 1.29 is 24.2 Å². The van der Waals surface area contributed by atoms with E-state index in [4.69, 9.17) is 14.6 Å². The summed E-state index contributed by atoms with van der Waals surface area (Å²) < 4.78 is 10.3. The Bertz CT molecular complexity index is 553. The van der Waals surface area contributed by atoms with Crippen LogP contribution in [0, 0.1) is 5.92 Å². The van der Waals surface area contributed by atoms with E-state index >= 15 is 0 Å². The molecule has 2 N–H and O–H groups in total. The van der Waals surface area contributed by atoms with Gasteiger partial charge in [0.1, 0.15) is 11.5 Å². The fourth-order valence-corrected chi connectivity index (χ4v) is 2.68. The van der Waals surface area contributed by atoms with Crippen LogP contribution in [0.3, 0.4) is 0 Å². The van der Waals surface area contributed by atoms with Crippen molar-refractivity contribution in [3.63, 3.8) is 0 Å². The van der Waals surface area contributed by atoms with Gasteiger partial charge in [-0.1, -0.05) is 0 Å². The van der Waals surface area contributed by atoms with Crippen LogP contribution in [-0.4, -0.2) is 55.7 Å². The number of benzene rings is 1. The molecule has 0 radical (unpaired) electrons. The highest BCUT2D eigenvalue weighted by Crippen LogP contribution is 2.25. The first kappa shape index (κ1) is 17.1. The van der Waals surface area contributed by atoms with Crippen LogP contribution in [0.4, 0.5) is 5.69 Å². The van der Waals surface area contributed by atoms with Crippen LogP contribution in [0.15, 0.2) is 18.2 Å². The molecule has 7 heteroatoms. The first-order valence-electron chi connectivity index (χ1n) is 7.50. The van der Waals surface area contributed by atoms with Crippen LogP contribution >= 0.6 is 0 Å². The van der Waals surface area contributed by atoms with Gasteiger partial charge in [0, 0.05) is 30.4 Å². The maximum Gasteiger partial charge on any atom is 0.307 e. The smallest absolute Gasteiger partial charge is 0.307 e. The van der Waals surface area contributed by atoms with E-state index < -0.39 is 11.9 Å². The van der Waals surface area contributed by atoms with Gasteiger partial charge in [0.15, 0.2) is 0 Å². The molecule has 0 aliphatic carbocycles. The summed E-state index contributed by atoms with van der Waals surface area (Å²) in [6.45, 7) is 1.31. The van der Waals surface area contributed by atoms with Crippen LogP contribution in [0.1, 0.15) is 12.8 Å². The zero-order valence-corrected chi connectivity index (χ0v) is 13.4. The second-order valence-corrected chi connectivity index (χ2v) is 5.56. The lowest BCUT2D eigenvalue weighted by Crippen LogP contribution is -2.42. The molecule has 1 aromatic rings. The third-order valence-electron chi connectivity index (χ3n) is 3.86. The van der Waals surface area contributed by atoms with Gasteiger partial charge in [-0.25, -0.2) is 0 Å². The summed E-state index contributed by atoms with van der Waals surface area (Å²) in [4.78, 5) is 25.1. The van der Waals surface area contributed by atoms with Gasteiger partial charge in [-0.2, -0.15) is 0 Å². The van der Waals surface area contributed by atoms with Crippen LogP contribution in [0.25, 0.3) is 0 Å². The number of likely N-dealkylation sites (tertiary alicyclic amines) is 1. The average molecular weight is 322 g/mol. The minimum atomic E-state index is -0.798.